The Morgan fingerprint density at radius 2 is 2.24 bits per heavy atom. The molecule has 0 saturated heterocycles. The molecule has 2 aromatic heterocycles. The summed E-state index contributed by atoms with van der Waals surface area (Å²) in [4.78, 5) is 14.1. The molecule has 21 heavy (non-hydrogen) atoms. The first-order valence-electron chi connectivity index (χ1n) is 6.96. The normalized spacial score (nSPS) is 15.0. The van der Waals surface area contributed by atoms with Crippen molar-refractivity contribution in [3.8, 4) is 0 Å². The molecule has 0 atom stereocenters. The van der Waals surface area contributed by atoms with Crippen molar-refractivity contribution < 1.29 is 9.32 Å². The zero-order valence-corrected chi connectivity index (χ0v) is 12.2. The Labute approximate surface area is 122 Å². The van der Waals surface area contributed by atoms with Crippen molar-refractivity contribution >= 4 is 11.7 Å². The lowest BCUT2D eigenvalue weighted by molar-refractivity contribution is -0.116. The van der Waals surface area contributed by atoms with Crippen molar-refractivity contribution in [3.05, 3.63) is 23.5 Å². The molecular formula is C13H18N6O2. The van der Waals surface area contributed by atoms with E-state index in [4.69, 9.17) is 4.52 Å². The summed E-state index contributed by atoms with van der Waals surface area (Å²) in [7, 11) is 0. The SMILES string of the molecule is Cc1cc(NC(=O)CCN2CCn3c(C)nnc3C2)no1. The van der Waals surface area contributed by atoms with Crippen LogP contribution in [0.1, 0.15) is 23.8 Å². The standard InChI is InChI=1S/C13H18N6O2/c1-9-7-11(17-21-9)14-13(20)3-4-18-5-6-19-10(2)15-16-12(19)8-18/h7H,3-6,8H2,1-2H3,(H,14,17,20). The van der Waals surface area contributed by atoms with Crippen LogP contribution in [0.3, 0.4) is 0 Å². The van der Waals surface area contributed by atoms with E-state index in [1.165, 1.54) is 0 Å². The van der Waals surface area contributed by atoms with Gasteiger partial charge in [0.1, 0.15) is 17.4 Å². The maximum absolute atomic E-state index is 11.9. The molecule has 0 radical (unpaired) electrons. The zero-order chi connectivity index (χ0) is 14.8. The summed E-state index contributed by atoms with van der Waals surface area (Å²) < 4.78 is 7.03. The van der Waals surface area contributed by atoms with Gasteiger partial charge in [-0.05, 0) is 13.8 Å². The predicted octanol–water partition coefficient (Wildman–Crippen LogP) is 0.727. The number of fused-ring (bicyclic) bond motifs is 1. The molecule has 0 fully saturated rings. The largest absolute Gasteiger partial charge is 0.360 e. The highest BCUT2D eigenvalue weighted by Gasteiger charge is 2.20. The first kappa shape index (κ1) is 13.7. The summed E-state index contributed by atoms with van der Waals surface area (Å²) in [6.45, 7) is 6.94. The summed E-state index contributed by atoms with van der Waals surface area (Å²) in [6, 6.07) is 1.70. The monoisotopic (exact) mass is 290 g/mol. The van der Waals surface area contributed by atoms with Crippen molar-refractivity contribution in [1.29, 1.82) is 0 Å². The van der Waals surface area contributed by atoms with Crippen LogP contribution >= 0.6 is 0 Å². The maximum atomic E-state index is 11.9. The van der Waals surface area contributed by atoms with E-state index >= 15 is 0 Å². The highest BCUT2D eigenvalue weighted by molar-refractivity contribution is 5.89. The Hall–Kier alpha value is -2.22. The highest BCUT2D eigenvalue weighted by Crippen LogP contribution is 2.12. The Kier molecular flexibility index (Phi) is 3.70. The van der Waals surface area contributed by atoms with E-state index in [1.807, 2.05) is 6.92 Å². The maximum Gasteiger partial charge on any atom is 0.226 e. The third-order valence-corrected chi connectivity index (χ3v) is 3.57. The molecule has 8 heteroatoms. The zero-order valence-electron chi connectivity index (χ0n) is 12.2. The van der Waals surface area contributed by atoms with Gasteiger partial charge in [0.25, 0.3) is 0 Å². The van der Waals surface area contributed by atoms with Crippen LogP contribution < -0.4 is 5.32 Å². The quantitative estimate of drug-likeness (QED) is 0.893. The molecule has 0 saturated carbocycles. The van der Waals surface area contributed by atoms with Gasteiger partial charge in [-0.15, -0.1) is 10.2 Å². The summed E-state index contributed by atoms with van der Waals surface area (Å²) in [5, 5.41) is 14.7. The van der Waals surface area contributed by atoms with Gasteiger partial charge in [-0.25, -0.2) is 0 Å². The number of aromatic nitrogens is 4. The first-order valence-corrected chi connectivity index (χ1v) is 6.96. The van der Waals surface area contributed by atoms with E-state index in [2.05, 4.69) is 30.1 Å². The van der Waals surface area contributed by atoms with Crippen LogP contribution in [0.2, 0.25) is 0 Å². The molecule has 3 rings (SSSR count). The van der Waals surface area contributed by atoms with E-state index in [0.29, 0.717) is 24.5 Å². The second kappa shape index (κ2) is 5.65. The van der Waals surface area contributed by atoms with Crippen LogP contribution in [0.25, 0.3) is 0 Å². The minimum atomic E-state index is -0.0634. The number of nitrogens with one attached hydrogen (secondary N) is 1. The van der Waals surface area contributed by atoms with Gasteiger partial charge in [0.05, 0.1) is 6.54 Å². The molecule has 2 aromatic rings. The summed E-state index contributed by atoms with van der Waals surface area (Å²) in [5.41, 5.74) is 0. The van der Waals surface area contributed by atoms with Crippen molar-refractivity contribution in [2.45, 2.75) is 33.4 Å². The average Bonchev–Trinajstić information content (AvgIpc) is 3.03. The van der Waals surface area contributed by atoms with Gasteiger partial charge in [-0.3, -0.25) is 9.69 Å². The van der Waals surface area contributed by atoms with E-state index in [-0.39, 0.29) is 5.91 Å². The van der Waals surface area contributed by atoms with Crippen LogP contribution in [0.5, 0.6) is 0 Å². The Bertz CT molecular complexity index is 647. The summed E-state index contributed by atoms with van der Waals surface area (Å²) in [5.74, 6) is 2.99. The number of aryl methyl sites for hydroxylation is 2. The molecule has 8 nitrogen and oxygen atoms in total. The van der Waals surface area contributed by atoms with Gasteiger partial charge in [-0.1, -0.05) is 5.16 Å². The number of carbonyl (C=O) groups is 1. The van der Waals surface area contributed by atoms with Crippen LogP contribution in [0, 0.1) is 13.8 Å². The molecule has 0 unspecified atom stereocenters. The van der Waals surface area contributed by atoms with Crippen molar-refractivity contribution in [3.63, 3.8) is 0 Å². The number of amides is 1. The first-order chi connectivity index (χ1) is 10.1. The van der Waals surface area contributed by atoms with Crippen LogP contribution in [-0.2, 0) is 17.9 Å². The predicted molar refractivity (Wildman–Crippen MR) is 74.5 cm³/mol. The fourth-order valence-corrected chi connectivity index (χ4v) is 2.43. The van der Waals surface area contributed by atoms with E-state index in [9.17, 15) is 4.79 Å². The number of hydrogen-bond donors (Lipinski definition) is 1. The van der Waals surface area contributed by atoms with E-state index in [0.717, 1.165) is 31.3 Å². The van der Waals surface area contributed by atoms with Crippen LogP contribution in [-0.4, -0.2) is 43.8 Å². The van der Waals surface area contributed by atoms with Crippen molar-refractivity contribution in [2.75, 3.05) is 18.4 Å². The number of anilines is 1. The second-order valence-corrected chi connectivity index (χ2v) is 5.21. The van der Waals surface area contributed by atoms with Crippen LogP contribution in [0.15, 0.2) is 10.6 Å². The lowest BCUT2D eigenvalue weighted by Gasteiger charge is -2.27. The number of nitrogens with zero attached hydrogens (tertiary/aromatic N) is 5. The highest BCUT2D eigenvalue weighted by atomic mass is 16.5. The Morgan fingerprint density at radius 3 is 3.00 bits per heavy atom. The molecule has 0 spiro atoms. The van der Waals surface area contributed by atoms with E-state index in [1.54, 1.807) is 13.0 Å². The van der Waals surface area contributed by atoms with Crippen molar-refractivity contribution in [2.24, 2.45) is 0 Å². The Balaban J connectivity index is 1.48. The molecule has 112 valence electrons. The third kappa shape index (κ3) is 3.10. The summed E-state index contributed by atoms with van der Waals surface area (Å²) >= 11 is 0. The second-order valence-electron chi connectivity index (χ2n) is 5.21. The molecule has 1 amide bonds. The van der Waals surface area contributed by atoms with Gasteiger partial charge < -0.3 is 14.4 Å². The molecule has 1 aliphatic rings. The Morgan fingerprint density at radius 1 is 1.38 bits per heavy atom. The molecule has 0 aromatic carbocycles. The summed E-state index contributed by atoms with van der Waals surface area (Å²) in [6.07, 6.45) is 0.416. The van der Waals surface area contributed by atoms with Gasteiger partial charge in [0.2, 0.25) is 5.91 Å². The van der Waals surface area contributed by atoms with Gasteiger partial charge in [0.15, 0.2) is 5.82 Å². The van der Waals surface area contributed by atoms with Gasteiger partial charge in [-0.2, -0.15) is 0 Å². The lowest BCUT2D eigenvalue weighted by atomic mass is 10.3. The topological polar surface area (TPSA) is 89.1 Å². The molecular weight excluding hydrogens is 272 g/mol. The molecule has 3 heterocycles. The molecule has 1 aliphatic heterocycles. The number of carbonyl (C=O) groups excluding carboxylic acids is 1. The minimum Gasteiger partial charge on any atom is -0.360 e. The third-order valence-electron chi connectivity index (χ3n) is 3.57. The fraction of sp³-hybridized carbons (Fsp3) is 0.538. The number of hydrogen-bond acceptors (Lipinski definition) is 6. The molecule has 0 aliphatic carbocycles. The van der Waals surface area contributed by atoms with Gasteiger partial charge >= 0.3 is 0 Å². The van der Waals surface area contributed by atoms with Gasteiger partial charge in [0, 0.05) is 32.1 Å². The molecule has 0 bridgehead atoms. The minimum absolute atomic E-state index is 0.0634. The average molecular weight is 290 g/mol. The molecule has 1 N–H and O–H groups in total. The van der Waals surface area contributed by atoms with E-state index < -0.39 is 0 Å². The number of rotatable bonds is 4. The fourth-order valence-electron chi connectivity index (χ4n) is 2.43. The lowest BCUT2D eigenvalue weighted by Crippen LogP contribution is -2.36. The van der Waals surface area contributed by atoms with Crippen molar-refractivity contribution in [1.82, 2.24) is 24.8 Å². The smallest absolute Gasteiger partial charge is 0.226 e. The van der Waals surface area contributed by atoms with Crippen LogP contribution in [0.4, 0.5) is 5.82 Å².